The monoisotopic (exact) mass is 500 g/mol. The van der Waals surface area contributed by atoms with Gasteiger partial charge < -0.3 is 24.5 Å². The van der Waals surface area contributed by atoms with Crippen molar-refractivity contribution in [1.29, 1.82) is 0 Å². The van der Waals surface area contributed by atoms with Crippen LogP contribution in [-0.4, -0.2) is 50.5 Å². The van der Waals surface area contributed by atoms with Crippen molar-refractivity contribution >= 4 is 25.6 Å². The van der Waals surface area contributed by atoms with Gasteiger partial charge in [0, 0.05) is 6.61 Å². The fourth-order valence-corrected chi connectivity index (χ4v) is 4.49. The number of methoxy groups -OCH3 is 1. The highest BCUT2D eigenvalue weighted by Gasteiger charge is 2.20. The Morgan fingerprint density at radius 1 is 0.844 bits per heavy atom. The van der Waals surface area contributed by atoms with Crippen molar-refractivity contribution in [2.45, 2.75) is 115 Å². The Kier molecular flexibility index (Phi) is 25.6. The van der Waals surface area contributed by atoms with Gasteiger partial charge in [-0.1, -0.05) is 104 Å². The van der Waals surface area contributed by atoms with E-state index >= 15 is 0 Å². The van der Waals surface area contributed by atoms with Gasteiger partial charge in [-0.3, -0.25) is 4.79 Å². The molecule has 0 aromatic rings. The van der Waals surface area contributed by atoms with Crippen LogP contribution in [0.15, 0.2) is 0 Å². The van der Waals surface area contributed by atoms with Crippen LogP contribution in [0.3, 0.4) is 0 Å². The van der Waals surface area contributed by atoms with Gasteiger partial charge in [-0.05, 0) is 18.1 Å². The van der Waals surface area contributed by atoms with Crippen LogP contribution < -0.4 is 0 Å². The highest BCUT2D eigenvalue weighted by molar-refractivity contribution is 8.00. The van der Waals surface area contributed by atoms with E-state index in [0.717, 1.165) is 18.6 Å². The first kappa shape index (κ1) is 34.1. The minimum absolute atomic E-state index is 0.0682. The van der Waals surface area contributed by atoms with E-state index in [4.69, 9.17) is 29.1 Å². The molecule has 0 aromatic heterocycles. The highest BCUT2D eigenvalue weighted by Crippen LogP contribution is 2.26. The zero-order chi connectivity index (χ0) is 24.7. The topological polar surface area (TPSA) is 124 Å². The minimum Gasteiger partial charge on any atom is -0.468 e. The van der Waals surface area contributed by atoms with E-state index in [0.29, 0.717) is 0 Å². The number of ether oxygens (including phenoxy) is 1. The van der Waals surface area contributed by atoms with E-state index in [1.165, 1.54) is 90.6 Å². The lowest BCUT2D eigenvalue weighted by molar-refractivity contribution is -0.140. The van der Waals surface area contributed by atoms with Gasteiger partial charge in [0.1, 0.15) is 5.25 Å². The number of unbranched alkanes of at least 4 members (excludes halogenated alkanes) is 13. The fraction of sp³-hybridized carbons (Fsp3) is 0.957. The van der Waals surface area contributed by atoms with E-state index < -0.39 is 7.82 Å². The molecule has 0 amide bonds. The number of aliphatic hydroxyl groups excluding tert-OH is 1. The van der Waals surface area contributed by atoms with E-state index in [-0.39, 0.29) is 23.7 Å². The Bertz CT molecular complexity index is 451. The van der Waals surface area contributed by atoms with Crippen LogP contribution in [0.1, 0.15) is 110 Å². The molecule has 0 rings (SSSR count). The highest BCUT2D eigenvalue weighted by atomic mass is 32.2. The Balaban J connectivity index is 0. The molecular weight excluding hydrogens is 451 g/mol. The van der Waals surface area contributed by atoms with Gasteiger partial charge in [0.25, 0.3) is 0 Å². The summed E-state index contributed by atoms with van der Waals surface area (Å²) in [6.45, 7) is 4.46. The number of carbonyl (C=O) groups is 1. The molecule has 7 nitrogen and oxygen atoms in total. The van der Waals surface area contributed by atoms with E-state index in [2.05, 4.69) is 6.92 Å². The first-order valence-corrected chi connectivity index (χ1v) is 14.9. The van der Waals surface area contributed by atoms with Crippen LogP contribution in [0.5, 0.6) is 0 Å². The number of phosphoric acid groups is 1. The molecule has 9 heteroatoms. The molecular formula is C23H49O7PS. The molecule has 0 bridgehead atoms. The van der Waals surface area contributed by atoms with Crippen molar-refractivity contribution in [2.75, 3.05) is 19.5 Å². The van der Waals surface area contributed by atoms with Crippen LogP contribution in [0, 0.1) is 5.92 Å². The summed E-state index contributed by atoms with van der Waals surface area (Å²) in [6, 6.07) is 0. The summed E-state index contributed by atoms with van der Waals surface area (Å²) in [5, 5.41) is 9.05. The predicted octanol–water partition coefficient (Wildman–Crippen LogP) is 5.83. The summed E-state index contributed by atoms with van der Waals surface area (Å²) in [6.07, 6.45) is 19.8. The molecule has 0 saturated carbocycles. The van der Waals surface area contributed by atoms with Crippen molar-refractivity contribution in [3.05, 3.63) is 0 Å². The number of esters is 1. The summed E-state index contributed by atoms with van der Waals surface area (Å²) < 4.78 is 13.8. The van der Waals surface area contributed by atoms with Crippen LogP contribution in [-0.2, 0) is 14.1 Å². The number of hydrogen-bond acceptors (Lipinski definition) is 5. The third-order valence-corrected chi connectivity index (χ3v) is 6.77. The molecule has 0 aliphatic heterocycles. The SMILES string of the molecule is CCCCCCCCCCCCCCCCC(SCC(C)CO)C(=O)OC.O=P(O)(O)O. The number of hydrogen-bond donors (Lipinski definition) is 4. The van der Waals surface area contributed by atoms with Crippen molar-refractivity contribution in [1.82, 2.24) is 0 Å². The summed E-state index contributed by atoms with van der Waals surface area (Å²) in [7, 11) is -3.17. The van der Waals surface area contributed by atoms with Crippen molar-refractivity contribution < 1.29 is 33.9 Å². The average Bonchev–Trinajstić information content (AvgIpc) is 2.74. The Morgan fingerprint density at radius 3 is 1.56 bits per heavy atom. The van der Waals surface area contributed by atoms with E-state index in [9.17, 15) is 4.79 Å². The first-order chi connectivity index (χ1) is 15.2. The van der Waals surface area contributed by atoms with Crippen LogP contribution in [0.25, 0.3) is 0 Å². The fourth-order valence-electron chi connectivity index (χ4n) is 3.26. The maximum absolute atomic E-state index is 11.9. The molecule has 194 valence electrons. The molecule has 2 atom stereocenters. The second kappa shape index (κ2) is 24.0. The maximum Gasteiger partial charge on any atom is 0.466 e. The first-order valence-electron chi connectivity index (χ1n) is 12.2. The predicted molar refractivity (Wildman–Crippen MR) is 134 cm³/mol. The normalized spacial score (nSPS) is 13.2. The summed E-state index contributed by atoms with van der Waals surface area (Å²) in [5.41, 5.74) is 0. The van der Waals surface area contributed by atoms with E-state index in [1.54, 1.807) is 11.8 Å². The molecule has 0 aromatic carbocycles. The number of carbonyl (C=O) groups excluding carboxylic acids is 1. The Morgan fingerprint density at radius 2 is 1.22 bits per heavy atom. The maximum atomic E-state index is 11.9. The van der Waals surface area contributed by atoms with Crippen LogP contribution >= 0.6 is 19.6 Å². The molecule has 0 radical (unpaired) electrons. The lowest BCUT2D eigenvalue weighted by Crippen LogP contribution is -2.21. The molecule has 2 unspecified atom stereocenters. The largest absolute Gasteiger partial charge is 0.468 e. The van der Waals surface area contributed by atoms with Crippen LogP contribution in [0.2, 0.25) is 0 Å². The molecule has 32 heavy (non-hydrogen) atoms. The lowest BCUT2D eigenvalue weighted by Gasteiger charge is -2.16. The van der Waals surface area contributed by atoms with Gasteiger partial charge in [0.15, 0.2) is 0 Å². The van der Waals surface area contributed by atoms with Crippen molar-refractivity contribution in [2.24, 2.45) is 5.92 Å². The Labute approximate surface area is 200 Å². The van der Waals surface area contributed by atoms with Crippen molar-refractivity contribution in [3.8, 4) is 0 Å². The number of aliphatic hydroxyl groups is 1. The minimum atomic E-state index is -4.64. The second-order valence-corrected chi connectivity index (χ2v) is 10.8. The van der Waals surface area contributed by atoms with E-state index in [1.807, 2.05) is 6.92 Å². The average molecular weight is 501 g/mol. The Hall–Kier alpha value is -0.110. The third kappa shape index (κ3) is 29.9. The zero-order valence-corrected chi connectivity index (χ0v) is 22.3. The molecule has 0 fully saturated rings. The summed E-state index contributed by atoms with van der Waals surface area (Å²) in [4.78, 5) is 33.4. The summed E-state index contributed by atoms with van der Waals surface area (Å²) in [5.74, 6) is 0.938. The van der Waals surface area contributed by atoms with Gasteiger partial charge >= 0.3 is 13.8 Å². The molecule has 0 aliphatic carbocycles. The molecule has 0 saturated heterocycles. The van der Waals surface area contributed by atoms with Gasteiger partial charge in [-0.25, -0.2) is 4.57 Å². The lowest BCUT2D eigenvalue weighted by atomic mass is 10.0. The molecule has 4 N–H and O–H groups in total. The molecule has 0 spiro atoms. The molecule has 0 aliphatic rings. The standard InChI is InChI=1S/C23H46O3S.H3O4P/c1-4-5-6-7-8-9-10-11-12-13-14-15-16-17-18-22(23(25)26-3)27-20-21(2)19-24;1-5(2,3)4/h21-22,24H,4-20H2,1-3H3;(H3,1,2,3,4). The number of thioether (sulfide) groups is 1. The quantitative estimate of drug-likeness (QED) is 0.0934. The second-order valence-electron chi connectivity index (χ2n) is 8.53. The summed E-state index contributed by atoms with van der Waals surface area (Å²) >= 11 is 1.64. The van der Waals surface area contributed by atoms with Crippen molar-refractivity contribution in [3.63, 3.8) is 0 Å². The van der Waals surface area contributed by atoms with Gasteiger partial charge in [-0.2, -0.15) is 0 Å². The third-order valence-electron chi connectivity index (χ3n) is 5.18. The van der Waals surface area contributed by atoms with Gasteiger partial charge in [-0.15, -0.1) is 11.8 Å². The van der Waals surface area contributed by atoms with Crippen LogP contribution in [0.4, 0.5) is 0 Å². The number of rotatable bonds is 20. The van der Waals surface area contributed by atoms with Gasteiger partial charge in [0.2, 0.25) is 0 Å². The zero-order valence-electron chi connectivity index (χ0n) is 20.5. The van der Waals surface area contributed by atoms with Gasteiger partial charge in [0.05, 0.1) is 7.11 Å². The smallest absolute Gasteiger partial charge is 0.466 e. The molecule has 0 heterocycles.